The van der Waals surface area contributed by atoms with Gasteiger partial charge in [0.05, 0.1) is 10.5 Å². The SMILES string of the molecule is CCC(C)(CC)NC(=O)c1cc([N+](=O)[O-])ccc1NC. The first kappa shape index (κ1) is 15.9. The molecule has 1 aromatic rings. The quantitative estimate of drug-likeness (QED) is 0.619. The van der Waals surface area contributed by atoms with E-state index in [1.807, 2.05) is 20.8 Å². The molecule has 0 unspecified atom stereocenters. The summed E-state index contributed by atoms with van der Waals surface area (Å²) in [5.74, 6) is -0.302. The molecule has 6 nitrogen and oxygen atoms in total. The van der Waals surface area contributed by atoms with Crippen molar-refractivity contribution in [3.05, 3.63) is 33.9 Å². The molecule has 20 heavy (non-hydrogen) atoms. The fraction of sp³-hybridized carbons (Fsp3) is 0.500. The minimum absolute atomic E-state index is 0.0937. The zero-order valence-corrected chi connectivity index (χ0v) is 12.3. The molecule has 6 heteroatoms. The summed E-state index contributed by atoms with van der Waals surface area (Å²) < 4.78 is 0. The fourth-order valence-corrected chi connectivity index (χ4v) is 1.82. The number of rotatable bonds is 6. The molecule has 1 amide bonds. The number of carbonyl (C=O) groups excluding carboxylic acids is 1. The number of anilines is 1. The van der Waals surface area contributed by atoms with Crippen molar-refractivity contribution in [2.45, 2.75) is 39.2 Å². The van der Waals surface area contributed by atoms with Crippen LogP contribution in [0.2, 0.25) is 0 Å². The van der Waals surface area contributed by atoms with E-state index in [-0.39, 0.29) is 22.7 Å². The molecule has 0 spiro atoms. The molecule has 0 aromatic heterocycles. The van der Waals surface area contributed by atoms with Gasteiger partial charge in [-0.15, -0.1) is 0 Å². The average Bonchev–Trinajstić information content (AvgIpc) is 2.46. The van der Waals surface area contributed by atoms with Crippen molar-refractivity contribution in [2.75, 3.05) is 12.4 Å². The molecule has 0 aliphatic rings. The molecule has 0 aliphatic heterocycles. The Hall–Kier alpha value is -2.11. The normalized spacial score (nSPS) is 11.0. The van der Waals surface area contributed by atoms with Crippen LogP contribution in [0.5, 0.6) is 0 Å². The monoisotopic (exact) mass is 279 g/mol. The molecule has 0 radical (unpaired) electrons. The van der Waals surface area contributed by atoms with Gasteiger partial charge in [0.15, 0.2) is 0 Å². The minimum atomic E-state index is -0.505. The summed E-state index contributed by atoms with van der Waals surface area (Å²) in [5.41, 5.74) is 0.452. The fourth-order valence-electron chi connectivity index (χ4n) is 1.82. The number of nitrogens with zero attached hydrogens (tertiary/aromatic N) is 1. The predicted octanol–water partition coefficient (Wildman–Crippen LogP) is 2.95. The van der Waals surface area contributed by atoms with Crippen LogP contribution in [0, 0.1) is 10.1 Å². The van der Waals surface area contributed by atoms with E-state index in [4.69, 9.17) is 0 Å². The van der Waals surface area contributed by atoms with E-state index in [1.165, 1.54) is 12.1 Å². The van der Waals surface area contributed by atoms with E-state index < -0.39 is 4.92 Å². The summed E-state index contributed by atoms with van der Waals surface area (Å²) in [5, 5.41) is 16.7. The van der Waals surface area contributed by atoms with Crippen molar-refractivity contribution in [2.24, 2.45) is 0 Å². The van der Waals surface area contributed by atoms with Gasteiger partial charge in [0, 0.05) is 30.4 Å². The zero-order valence-electron chi connectivity index (χ0n) is 12.3. The van der Waals surface area contributed by atoms with Crippen molar-refractivity contribution in [3.63, 3.8) is 0 Å². The first-order chi connectivity index (χ1) is 9.36. The molecular weight excluding hydrogens is 258 g/mol. The molecule has 110 valence electrons. The Morgan fingerprint density at radius 1 is 1.35 bits per heavy atom. The minimum Gasteiger partial charge on any atom is -0.387 e. The second-order valence-electron chi connectivity index (χ2n) is 4.96. The molecule has 0 heterocycles. The number of hydrogen-bond acceptors (Lipinski definition) is 4. The van der Waals surface area contributed by atoms with Gasteiger partial charge in [-0.3, -0.25) is 14.9 Å². The van der Waals surface area contributed by atoms with Crippen LogP contribution in [0.15, 0.2) is 18.2 Å². The van der Waals surface area contributed by atoms with E-state index in [2.05, 4.69) is 10.6 Å². The van der Waals surface area contributed by atoms with Gasteiger partial charge < -0.3 is 10.6 Å². The number of non-ortho nitro benzene ring substituents is 1. The maximum absolute atomic E-state index is 12.4. The first-order valence-electron chi connectivity index (χ1n) is 6.65. The van der Waals surface area contributed by atoms with Gasteiger partial charge in [-0.1, -0.05) is 13.8 Å². The largest absolute Gasteiger partial charge is 0.387 e. The Labute approximate surface area is 118 Å². The maximum atomic E-state index is 12.4. The third-order valence-electron chi connectivity index (χ3n) is 3.70. The van der Waals surface area contributed by atoms with Gasteiger partial charge in [0.1, 0.15) is 0 Å². The van der Waals surface area contributed by atoms with Crippen molar-refractivity contribution < 1.29 is 9.72 Å². The number of amides is 1. The van der Waals surface area contributed by atoms with Gasteiger partial charge in [0.2, 0.25) is 0 Å². The molecule has 0 atom stereocenters. The van der Waals surface area contributed by atoms with Crippen LogP contribution in [-0.4, -0.2) is 23.4 Å². The number of nitro benzene ring substituents is 1. The maximum Gasteiger partial charge on any atom is 0.270 e. The van der Waals surface area contributed by atoms with Crippen LogP contribution in [0.25, 0.3) is 0 Å². The Bertz CT molecular complexity index is 510. The summed E-state index contributed by atoms with van der Waals surface area (Å²) in [6.07, 6.45) is 1.58. The van der Waals surface area contributed by atoms with Crippen molar-refractivity contribution in [1.29, 1.82) is 0 Å². The lowest BCUT2D eigenvalue weighted by Crippen LogP contribution is -2.45. The van der Waals surface area contributed by atoms with Gasteiger partial charge in [-0.25, -0.2) is 0 Å². The molecule has 1 aromatic carbocycles. The van der Waals surface area contributed by atoms with Gasteiger partial charge in [-0.05, 0) is 25.8 Å². The highest BCUT2D eigenvalue weighted by molar-refractivity contribution is 6.00. The highest BCUT2D eigenvalue weighted by Crippen LogP contribution is 2.23. The highest BCUT2D eigenvalue weighted by Gasteiger charge is 2.25. The van der Waals surface area contributed by atoms with Crippen LogP contribution in [0.3, 0.4) is 0 Å². The summed E-state index contributed by atoms with van der Waals surface area (Å²) >= 11 is 0. The number of carbonyl (C=O) groups is 1. The van der Waals surface area contributed by atoms with Crippen molar-refractivity contribution >= 4 is 17.3 Å². The molecule has 0 saturated carbocycles. The molecular formula is C14H21N3O3. The topological polar surface area (TPSA) is 84.3 Å². The summed E-state index contributed by atoms with van der Waals surface area (Å²) in [7, 11) is 1.68. The van der Waals surface area contributed by atoms with Gasteiger partial charge >= 0.3 is 0 Å². The molecule has 0 aliphatic carbocycles. The van der Waals surface area contributed by atoms with Crippen LogP contribution in [0.4, 0.5) is 11.4 Å². The number of nitro groups is 1. The Morgan fingerprint density at radius 2 is 1.95 bits per heavy atom. The summed E-state index contributed by atoms with van der Waals surface area (Å²) in [6, 6.07) is 4.22. The molecule has 2 N–H and O–H groups in total. The molecule has 1 rings (SSSR count). The van der Waals surface area contributed by atoms with Crippen molar-refractivity contribution in [1.82, 2.24) is 5.32 Å². The van der Waals surface area contributed by atoms with Crippen LogP contribution < -0.4 is 10.6 Å². The average molecular weight is 279 g/mol. The van der Waals surface area contributed by atoms with Gasteiger partial charge in [0.25, 0.3) is 11.6 Å². The third kappa shape index (κ3) is 3.46. The van der Waals surface area contributed by atoms with E-state index in [0.717, 1.165) is 12.8 Å². The predicted molar refractivity (Wildman–Crippen MR) is 79.1 cm³/mol. The molecule has 0 fully saturated rings. The van der Waals surface area contributed by atoms with E-state index in [1.54, 1.807) is 13.1 Å². The summed E-state index contributed by atoms with van der Waals surface area (Å²) in [6.45, 7) is 5.95. The lowest BCUT2D eigenvalue weighted by Gasteiger charge is -2.28. The standard InChI is InChI=1S/C14H21N3O3/c1-5-14(3,6-2)16-13(18)11-9-10(17(19)20)7-8-12(11)15-4/h7-9,15H,5-6H2,1-4H3,(H,16,18). The Kier molecular flexibility index (Phi) is 5.07. The van der Waals surface area contributed by atoms with Crippen LogP contribution in [0.1, 0.15) is 44.0 Å². The Balaban J connectivity index is 3.13. The highest BCUT2D eigenvalue weighted by atomic mass is 16.6. The zero-order chi connectivity index (χ0) is 15.3. The second kappa shape index (κ2) is 6.36. The lowest BCUT2D eigenvalue weighted by molar-refractivity contribution is -0.384. The molecule has 0 saturated heterocycles. The lowest BCUT2D eigenvalue weighted by atomic mass is 9.95. The Morgan fingerprint density at radius 3 is 2.40 bits per heavy atom. The van der Waals surface area contributed by atoms with Crippen LogP contribution in [-0.2, 0) is 0 Å². The van der Waals surface area contributed by atoms with E-state index in [9.17, 15) is 14.9 Å². The summed E-state index contributed by atoms with van der Waals surface area (Å²) in [4.78, 5) is 22.7. The number of benzene rings is 1. The van der Waals surface area contributed by atoms with Crippen molar-refractivity contribution in [3.8, 4) is 0 Å². The van der Waals surface area contributed by atoms with Crippen LogP contribution >= 0.6 is 0 Å². The molecule has 0 bridgehead atoms. The van der Waals surface area contributed by atoms with E-state index >= 15 is 0 Å². The van der Waals surface area contributed by atoms with Gasteiger partial charge in [-0.2, -0.15) is 0 Å². The first-order valence-corrected chi connectivity index (χ1v) is 6.65. The smallest absolute Gasteiger partial charge is 0.270 e. The second-order valence-corrected chi connectivity index (χ2v) is 4.96. The third-order valence-corrected chi connectivity index (χ3v) is 3.70. The number of hydrogen-bond donors (Lipinski definition) is 2. The van der Waals surface area contributed by atoms with E-state index in [0.29, 0.717) is 5.69 Å². The number of nitrogens with one attached hydrogen (secondary N) is 2.